The summed E-state index contributed by atoms with van der Waals surface area (Å²) in [6.45, 7) is 2.06. The number of hydroxylamine groups is 1. The number of hydrogen-bond acceptors (Lipinski definition) is 3. The van der Waals surface area contributed by atoms with E-state index in [4.69, 9.17) is 4.84 Å². The summed E-state index contributed by atoms with van der Waals surface area (Å²) in [6.07, 6.45) is 0. The Morgan fingerprint density at radius 1 is 1.64 bits per heavy atom. The second kappa shape index (κ2) is 4.21. The molecule has 1 rings (SSSR count). The molecule has 0 saturated carbocycles. The van der Waals surface area contributed by atoms with Gasteiger partial charge in [0.2, 0.25) is 0 Å². The zero-order chi connectivity index (χ0) is 8.27. The van der Waals surface area contributed by atoms with Gasteiger partial charge in [-0.15, -0.1) is 11.3 Å². The van der Waals surface area contributed by atoms with E-state index < -0.39 is 0 Å². The normalized spacial score (nSPS) is 13.4. The Kier molecular flexibility index (Phi) is 3.51. The highest BCUT2D eigenvalue weighted by Gasteiger charge is 2.05. The molecule has 1 N–H and O–H groups in total. The fourth-order valence-electron chi connectivity index (χ4n) is 0.796. The lowest BCUT2D eigenvalue weighted by Crippen LogP contribution is -2.15. The van der Waals surface area contributed by atoms with Gasteiger partial charge in [0, 0.05) is 4.88 Å². The summed E-state index contributed by atoms with van der Waals surface area (Å²) in [5, 5.41) is 0. The Morgan fingerprint density at radius 2 is 2.36 bits per heavy atom. The lowest BCUT2D eigenvalue weighted by Gasteiger charge is -2.08. The molecule has 0 bridgehead atoms. The van der Waals surface area contributed by atoms with Crippen LogP contribution in [0.5, 0.6) is 0 Å². The van der Waals surface area contributed by atoms with Crippen molar-refractivity contribution in [1.29, 1.82) is 0 Å². The van der Waals surface area contributed by atoms with Crippen molar-refractivity contribution in [3.63, 3.8) is 0 Å². The average Bonchev–Trinajstić information content (AvgIpc) is 2.36. The van der Waals surface area contributed by atoms with Crippen LogP contribution < -0.4 is 5.48 Å². The Labute approximate surface area is 78.7 Å². The monoisotopic (exact) mass is 235 g/mol. The molecule has 1 aromatic rings. The predicted octanol–water partition coefficient (Wildman–Crippen LogP) is 2.72. The first kappa shape index (κ1) is 9.19. The van der Waals surface area contributed by atoms with Crippen molar-refractivity contribution in [2.45, 2.75) is 13.0 Å². The van der Waals surface area contributed by atoms with Crippen molar-refractivity contribution in [3.05, 3.63) is 20.8 Å². The third-order valence-electron chi connectivity index (χ3n) is 1.32. The number of hydrogen-bond donors (Lipinski definition) is 1. The molecule has 0 aliphatic heterocycles. The molecule has 0 saturated heterocycles. The zero-order valence-corrected chi connectivity index (χ0v) is 8.83. The van der Waals surface area contributed by atoms with Crippen molar-refractivity contribution >= 4 is 27.3 Å². The molecule has 0 radical (unpaired) electrons. The summed E-state index contributed by atoms with van der Waals surface area (Å²) in [5.41, 5.74) is 2.86. The van der Waals surface area contributed by atoms with Crippen molar-refractivity contribution < 1.29 is 4.84 Å². The minimum absolute atomic E-state index is 0.260. The van der Waals surface area contributed by atoms with Crippen LogP contribution in [-0.4, -0.2) is 7.11 Å². The smallest absolute Gasteiger partial charge is 0.0702 e. The van der Waals surface area contributed by atoms with E-state index in [-0.39, 0.29) is 6.04 Å². The molecule has 1 atom stereocenters. The third kappa shape index (κ3) is 2.56. The fraction of sp³-hybridized carbons (Fsp3) is 0.429. The molecule has 0 aromatic carbocycles. The first-order valence-electron chi connectivity index (χ1n) is 3.27. The Hall–Kier alpha value is 0.1000. The highest BCUT2D eigenvalue weighted by atomic mass is 79.9. The molecular formula is C7H10BrNOS. The quantitative estimate of drug-likeness (QED) is 0.814. The Morgan fingerprint density at radius 3 is 2.82 bits per heavy atom. The fourth-order valence-corrected chi connectivity index (χ4v) is 2.21. The van der Waals surface area contributed by atoms with Crippen LogP contribution in [0.3, 0.4) is 0 Å². The van der Waals surface area contributed by atoms with Crippen molar-refractivity contribution in [2.24, 2.45) is 0 Å². The second-order valence-corrected chi connectivity index (χ2v) is 4.68. The topological polar surface area (TPSA) is 21.3 Å². The molecule has 1 unspecified atom stereocenters. The molecule has 0 fully saturated rings. The number of thiophene rings is 1. The van der Waals surface area contributed by atoms with Gasteiger partial charge in [0.1, 0.15) is 0 Å². The number of rotatable bonds is 3. The summed E-state index contributed by atoms with van der Waals surface area (Å²) in [7, 11) is 1.62. The molecular weight excluding hydrogens is 226 g/mol. The van der Waals surface area contributed by atoms with Crippen LogP contribution in [0.1, 0.15) is 17.8 Å². The molecule has 11 heavy (non-hydrogen) atoms. The SMILES string of the molecule is CONC(C)c1ccc(Br)s1. The predicted molar refractivity (Wildman–Crippen MR) is 50.6 cm³/mol. The standard InChI is InChI=1S/C7H10BrNOS/c1-5(9-10-2)6-3-4-7(8)11-6/h3-5,9H,1-2H3. The van der Waals surface area contributed by atoms with Crippen molar-refractivity contribution in [1.82, 2.24) is 5.48 Å². The van der Waals surface area contributed by atoms with E-state index in [1.807, 2.05) is 6.07 Å². The van der Waals surface area contributed by atoms with E-state index in [0.717, 1.165) is 3.79 Å². The van der Waals surface area contributed by atoms with Gasteiger partial charge in [-0.25, -0.2) is 0 Å². The molecule has 4 heteroatoms. The largest absolute Gasteiger partial charge is 0.305 e. The highest BCUT2D eigenvalue weighted by molar-refractivity contribution is 9.11. The minimum atomic E-state index is 0.260. The van der Waals surface area contributed by atoms with Gasteiger partial charge in [-0.3, -0.25) is 0 Å². The summed E-state index contributed by atoms with van der Waals surface area (Å²) >= 11 is 5.11. The molecule has 1 aromatic heterocycles. The summed E-state index contributed by atoms with van der Waals surface area (Å²) in [6, 6.07) is 4.37. The van der Waals surface area contributed by atoms with Gasteiger partial charge in [-0.1, -0.05) is 0 Å². The lowest BCUT2D eigenvalue weighted by atomic mass is 10.3. The van der Waals surface area contributed by atoms with Crippen molar-refractivity contribution in [3.8, 4) is 0 Å². The Balaban J connectivity index is 2.60. The first-order chi connectivity index (χ1) is 5.24. The maximum atomic E-state index is 4.81. The maximum Gasteiger partial charge on any atom is 0.0702 e. The average molecular weight is 236 g/mol. The Bertz CT molecular complexity index is 226. The third-order valence-corrected chi connectivity index (χ3v) is 3.12. The minimum Gasteiger partial charge on any atom is -0.305 e. The van der Waals surface area contributed by atoms with Gasteiger partial charge in [-0.05, 0) is 35.0 Å². The summed E-state index contributed by atoms with van der Waals surface area (Å²) in [4.78, 5) is 6.07. The molecule has 2 nitrogen and oxygen atoms in total. The van der Waals surface area contributed by atoms with Crippen LogP contribution >= 0.6 is 27.3 Å². The number of halogens is 1. The second-order valence-electron chi connectivity index (χ2n) is 2.19. The van der Waals surface area contributed by atoms with Gasteiger partial charge in [0.25, 0.3) is 0 Å². The first-order valence-corrected chi connectivity index (χ1v) is 4.88. The van der Waals surface area contributed by atoms with E-state index in [2.05, 4.69) is 34.4 Å². The molecule has 0 aliphatic rings. The zero-order valence-electron chi connectivity index (χ0n) is 6.43. The van der Waals surface area contributed by atoms with Crippen LogP contribution in [0.4, 0.5) is 0 Å². The van der Waals surface area contributed by atoms with Crippen LogP contribution in [0.2, 0.25) is 0 Å². The summed E-state index contributed by atoms with van der Waals surface area (Å²) < 4.78 is 1.15. The van der Waals surface area contributed by atoms with Gasteiger partial charge in [0.05, 0.1) is 16.9 Å². The van der Waals surface area contributed by atoms with Crippen LogP contribution in [0.15, 0.2) is 15.9 Å². The van der Waals surface area contributed by atoms with Crippen LogP contribution in [0, 0.1) is 0 Å². The van der Waals surface area contributed by atoms with E-state index in [1.54, 1.807) is 18.4 Å². The lowest BCUT2D eigenvalue weighted by molar-refractivity contribution is 0.0668. The van der Waals surface area contributed by atoms with Crippen LogP contribution in [-0.2, 0) is 4.84 Å². The van der Waals surface area contributed by atoms with Gasteiger partial charge >= 0.3 is 0 Å². The van der Waals surface area contributed by atoms with Gasteiger partial charge in [0.15, 0.2) is 0 Å². The van der Waals surface area contributed by atoms with E-state index in [0.29, 0.717) is 0 Å². The highest BCUT2D eigenvalue weighted by Crippen LogP contribution is 2.26. The van der Waals surface area contributed by atoms with Crippen LogP contribution in [0.25, 0.3) is 0 Å². The molecule has 0 aliphatic carbocycles. The van der Waals surface area contributed by atoms with Crippen molar-refractivity contribution in [2.75, 3.05) is 7.11 Å². The maximum absolute atomic E-state index is 4.81. The van der Waals surface area contributed by atoms with E-state index >= 15 is 0 Å². The van der Waals surface area contributed by atoms with E-state index in [9.17, 15) is 0 Å². The molecule has 0 spiro atoms. The van der Waals surface area contributed by atoms with Gasteiger partial charge < -0.3 is 4.84 Å². The molecule has 0 amide bonds. The van der Waals surface area contributed by atoms with Gasteiger partial charge in [-0.2, -0.15) is 5.48 Å². The summed E-state index contributed by atoms with van der Waals surface area (Å²) in [5.74, 6) is 0. The molecule has 62 valence electrons. The molecule has 1 heterocycles. The van der Waals surface area contributed by atoms with E-state index in [1.165, 1.54) is 4.88 Å². The number of nitrogens with one attached hydrogen (secondary N) is 1.